The number of piperazine rings is 1. The van der Waals surface area contributed by atoms with E-state index in [-0.39, 0.29) is 0 Å². The van der Waals surface area contributed by atoms with Crippen LogP contribution in [0, 0.1) is 0 Å². The molecule has 0 unspecified atom stereocenters. The molecule has 3 rings (SSSR count). The van der Waals surface area contributed by atoms with E-state index in [1.165, 1.54) is 64.0 Å². The normalized spacial score (nSPS) is 23.0. The molecule has 3 nitrogen and oxygen atoms in total. The molecule has 2 saturated heterocycles. The zero-order valence-electron chi connectivity index (χ0n) is 12.4. The Morgan fingerprint density at radius 3 is 2.60 bits per heavy atom. The third-order valence-electron chi connectivity index (χ3n) is 4.95. The number of nitrogens with zero attached hydrogens (tertiary/aromatic N) is 1. The van der Waals surface area contributed by atoms with Crippen LogP contribution in [0.2, 0.25) is 0 Å². The molecule has 2 N–H and O–H groups in total. The van der Waals surface area contributed by atoms with Gasteiger partial charge >= 0.3 is 0 Å². The first-order valence-electron chi connectivity index (χ1n) is 8.10. The van der Waals surface area contributed by atoms with Gasteiger partial charge in [-0.05, 0) is 50.9 Å². The summed E-state index contributed by atoms with van der Waals surface area (Å²) in [6, 6.07) is 10.9. The van der Waals surface area contributed by atoms with E-state index < -0.39 is 0 Å². The third kappa shape index (κ3) is 3.22. The van der Waals surface area contributed by atoms with Crippen molar-refractivity contribution in [2.24, 2.45) is 0 Å². The minimum atomic E-state index is 0.431. The van der Waals surface area contributed by atoms with Crippen LogP contribution in [0.4, 0.5) is 0 Å². The summed E-state index contributed by atoms with van der Waals surface area (Å²) in [6.45, 7) is 7.15. The van der Waals surface area contributed by atoms with Crippen LogP contribution in [0.1, 0.15) is 24.8 Å². The Labute approximate surface area is 122 Å². The van der Waals surface area contributed by atoms with Crippen molar-refractivity contribution in [3.63, 3.8) is 0 Å². The maximum absolute atomic E-state index is 3.61. The Morgan fingerprint density at radius 2 is 1.80 bits per heavy atom. The second kappa shape index (κ2) is 6.70. The highest BCUT2D eigenvalue weighted by Crippen LogP contribution is 2.27. The van der Waals surface area contributed by atoms with Gasteiger partial charge in [0.1, 0.15) is 0 Å². The molecule has 1 aromatic rings. The van der Waals surface area contributed by atoms with Crippen molar-refractivity contribution >= 4 is 0 Å². The molecular formula is C17H27N3. The molecule has 2 fully saturated rings. The summed E-state index contributed by atoms with van der Waals surface area (Å²) in [6.07, 6.45) is 5.08. The lowest BCUT2D eigenvalue weighted by atomic mass is 9.84. The van der Waals surface area contributed by atoms with Crippen molar-refractivity contribution in [3.05, 3.63) is 35.9 Å². The molecule has 0 radical (unpaired) electrons. The number of piperidine rings is 1. The Kier molecular flexibility index (Phi) is 4.71. The summed E-state index contributed by atoms with van der Waals surface area (Å²) in [7, 11) is 0. The topological polar surface area (TPSA) is 27.3 Å². The average molecular weight is 273 g/mol. The molecule has 2 heterocycles. The van der Waals surface area contributed by atoms with Crippen molar-refractivity contribution < 1.29 is 0 Å². The van der Waals surface area contributed by atoms with Gasteiger partial charge in [0.2, 0.25) is 0 Å². The van der Waals surface area contributed by atoms with Gasteiger partial charge in [-0.2, -0.15) is 0 Å². The maximum Gasteiger partial charge on any atom is 0.0358 e. The Bertz CT molecular complexity index is 390. The molecule has 0 bridgehead atoms. The molecule has 20 heavy (non-hydrogen) atoms. The summed E-state index contributed by atoms with van der Waals surface area (Å²) in [5.74, 6) is 0. The lowest BCUT2D eigenvalue weighted by molar-refractivity contribution is 0.0324. The van der Waals surface area contributed by atoms with Gasteiger partial charge in [0.25, 0.3) is 0 Å². The minimum Gasteiger partial charge on any atom is -0.317 e. The van der Waals surface area contributed by atoms with Crippen LogP contribution in [-0.4, -0.2) is 49.7 Å². The number of benzene rings is 1. The Balaban J connectivity index is 1.54. The van der Waals surface area contributed by atoms with E-state index in [2.05, 4.69) is 45.9 Å². The van der Waals surface area contributed by atoms with Crippen LogP contribution in [0.15, 0.2) is 30.3 Å². The van der Waals surface area contributed by atoms with Gasteiger partial charge in [0.15, 0.2) is 0 Å². The predicted octanol–water partition coefficient (Wildman–Crippen LogP) is 1.65. The van der Waals surface area contributed by atoms with Crippen LogP contribution in [0.3, 0.4) is 0 Å². The van der Waals surface area contributed by atoms with Crippen LogP contribution in [0.5, 0.6) is 0 Å². The Morgan fingerprint density at radius 1 is 1.00 bits per heavy atom. The molecule has 2 aliphatic rings. The smallest absolute Gasteiger partial charge is 0.0358 e. The second-order valence-electron chi connectivity index (χ2n) is 6.23. The van der Waals surface area contributed by atoms with Gasteiger partial charge in [0, 0.05) is 25.2 Å². The Hall–Kier alpha value is -0.900. The summed E-state index contributed by atoms with van der Waals surface area (Å²) in [5, 5.41) is 7.12. The number of aryl methyl sites for hydroxylation is 1. The highest BCUT2D eigenvalue weighted by molar-refractivity contribution is 5.14. The molecule has 0 saturated carbocycles. The average Bonchev–Trinajstić information content (AvgIpc) is 2.51. The summed E-state index contributed by atoms with van der Waals surface area (Å²) in [4.78, 5) is 2.77. The van der Waals surface area contributed by atoms with E-state index in [0.29, 0.717) is 5.54 Å². The largest absolute Gasteiger partial charge is 0.317 e. The predicted molar refractivity (Wildman–Crippen MR) is 84.0 cm³/mol. The molecular weight excluding hydrogens is 246 g/mol. The van der Waals surface area contributed by atoms with Gasteiger partial charge in [-0.1, -0.05) is 30.3 Å². The van der Waals surface area contributed by atoms with Crippen molar-refractivity contribution in [3.8, 4) is 0 Å². The second-order valence-corrected chi connectivity index (χ2v) is 6.23. The van der Waals surface area contributed by atoms with Crippen LogP contribution in [-0.2, 0) is 6.42 Å². The summed E-state index contributed by atoms with van der Waals surface area (Å²) >= 11 is 0. The fourth-order valence-corrected chi connectivity index (χ4v) is 3.74. The minimum absolute atomic E-state index is 0.431. The SMILES string of the molecule is c1ccc(CCCN2CCNCC23CCNCC3)cc1. The first kappa shape index (κ1) is 14.1. The van der Waals surface area contributed by atoms with Crippen molar-refractivity contribution in [2.45, 2.75) is 31.2 Å². The van der Waals surface area contributed by atoms with E-state index in [1.54, 1.807) is 0 Å². The van der Waals surface area contributed by atoms with Gasteiger partial charge in [-0.25, -0.2) is 0 Å². The molecule has 110 valence electrons. The zero-order chi connectivity index (χ0) is 13.7. The van der Waals surface area contributed by atoms with E-state index in [4.69, 9.17) is 0 Å². The quantitative estimate of drug-likeness (QED) is 0.873. The van der Waals surface area contributed by atoms with Crippen molar-refractivity contribution in [2.75, 3.05) is 39.3 Å². The van der Waals surface area contributed by atoms with Crippen LogP contribution < -0.4 is 10.6 Å². The van der Waals surface area contributed by atoms with Gasteiger partial charge in [0.05, 0.1) is 0 Å². The molecule has 2 aliphatic heterocycles. The van der Waals surface area contributed by atoms with Gasteiger partial charge in [-0.15, -0.1) is 0 Å². The molecule has 3 heteroatoms. The fourth-order valence-electron chi connectivity index (χ4n) is 3.74. The first-order chi connectivity index (χ1) is 9.89. The van der Waals surface area contributed by atoms with E-state index in [1.807, 2.05) is 0 Å². The number of rotatable bonds is 4. The van der Waals surface area contributed by atoms with Crippen molar-refractivity contribution in [1.82, 2.24) is 15.5 Å². The zero-order valence-corrected chi connectivity index (χ0v) is 12.4. The first-order valence-corrected chi connectivity index (χ1v) is 8.10. The van der Waals surface area contributed by atoms with E-state index in [0.717, 1.165) is 6.54 Å². The molecule has 1 spiro atoms. The lowest BCUT2D eigenvalue weighted by Crippen LogP contribution is -2.64. The van der Waals surface area contributed by atoms with Crippen LogP contribution >= 0.6 is 0 Å². The molecule has 0 aliphatic carbocycles. The number of hydrogen-bond acceptors (Lipinski definition) is 3. The molecule has 1 aromatic carbocycles. The maximum atomic E-state index is 3.61. The van der Waals surface area contributed by atoms with Gasteiger partial charge < -0.3 is 10.6 Å². The van der Waals surface area contributed by atoms with E-state index in [9.17, 15) is 0 Å². The summed E-state index contributed by atoms with van der Waals surface area (Å²) < 4.78 is 0. The highest BCUT2D eigenvalue weighted by Gasteiger charge is 2.39. The van der Waals surface area contributed by atoms with E-state index >= 15 is 0 Å². The third-order valence-corrected chi connectivity index (χ3v) is 4.95. The lowest BCUT2D eigenvalue weighted by Gasteiger charge is -2.50. The van der Waals surface area contributed by atoms with Gasteiger partial charge in [-0.3, -0.25) is 4.90 Å². The monoisotopic (exact) mass is 273 g/mol. The fraction of sp³-hybridized carbons (Fsp3) is 0.647. The molecule has 0 atom stereocenters. The standard InChI is InChI=1S/C17H27N3/c1-2-5-16(6-3-1)7-4-13-20-14-12-19-15-17(20)8-10-18-11-9-17/h1-3,5-6,18-19H,4,7-15H2. The highest BCUT2D eigenvalue weighted by atomic mass is 15.3. The molecule has 0 aromatic heterocycles. The summed E-state index contributed by atoms with van der Waals surface area (Å²) in [5.41, 5.74) is 1.90. The molecule has 0 amide bonds. The number of hydrogen-bond donors (Lipinski definition) is 2. The van der Waals surface area contributed by atoms with Crippen LogP contribution in [0.25, 0.3) is 0 Å². The number of nitrogens with one attached hydrogen (secondary N) is 2. The van der Waals surface area contributed by atoms with Crippen molar-refractivity contribution in [1.29, 1.82) is 0 Å².